The molecular weight excluding hydrogens is 397 g/mol. The Balaban J connectivity index is 5.27. The Morgan fingerprint density at radius 2 is 1.52 bits per heavy atom. The minimum atomic E-state index is -7.12. The first-order valence-corrected chi connectivity index (χ1v) is 7.76. The van der Waals surface area contributed by atoms with Crippen molar-refractivity contribution in [2.75, 3.05) is 18.6 Å². The standard InChI is InChI=1S/C11H14F9NO3S/c1-25-3-2-5(7(23)24)21-4-6(22)8(12,13)9(14,15)10(16,17)11(18,19)20/h5-6,21-22H,2-4H2,1H3,(H,23,24)/t5-,6+/m0/s1. The SMILES string of the molecule is CSCC[C@H](NC[C@@H](O)C(F)(F)C(F)(F)C(F)(F)C(F)(F)F)C(=O)O. The van der Waals surface area contributed by atoms with Crippen molar-refractivity contribution in [3.63, 3.8) is 0 Å². The van der Waals surface area contributed by atoms with Crippen LogP contribution in [0.5, 0.6) is 0 Å². The summed E-state index contributed by atoms with van der Waals surface area (Å²) in [6.45, 7) is -1.65. The molecule has 0 spiro atoms. The van der Waals surface area contributed by atoms with Gasteiger partial charge in [0.15, 0.2) is 0 Å². The van der Waals surface area contributed by atoms with Crippen LogP contribution in [0.3, 0.4) is 0 Å². The van der Waals surface area contributed by atoms with Crippen LogP contribution >= 0.6 is 11.8 Å². The van der Waals surface area contributed by atoms with E-state index >= 15 is 0 Å². The number of nitrogens with one attached hydrogen (secondary N) is 1. The van der Waals surface area contributed by atoms with E-state index in [1.807, 2.05) is 0 Å². The number of carbonyl (C=O) groups is 1. The molecule has 4 nitrogen and oxygen atoms in total. The second-order valence-electron chi connectivity index (χ2n) is 4.87. The van der Waals surface area contributed by atoms with Gasteiger partial charge in [0.2, 0.25) is 0 Å². The van der Waals surface area contributed by atoms with Crippen molar-refractivity contribution in [1.29, 1.82) is 0 Å². The lowest BCUT2D eigenvalue weighted by Gasteiger charge is -2.36. The molecular formula is C11H14F9NO3S. The Labute approximate surface area is 139 Å². The number of halogens is 9. The van der Waals surface area contributed by atoms with E-state index in [1.54, 1.807) is 11.6 Å². The van der Waals surface area contributed by atoms with Crippen LogP contribution in [0, 0.1) is 0 Å². The average molecular weight is 411 g/mol. The number of aliphatic carboxylic acids is 1. The minimum Gasteiger partial charge on any atom is -0.480 e. The molecule has 3 N–H and O–H groups in total. The van der Waals surface area contributed by atoms with Gasteiger partial charge < -0.3 is 15.5 Å². The molecule has 2 atom stereocenters. The monoisotopic (exact) mass is 411 g/mol. The van der Waals surface area contributed by atoms with Gasteiger partial charge >= 0.3 is 29.9 Å². The van der Waals surface area contributed by atoms with Gasteiger partial charge in [-0.3, -0.25) is 4.79 Å². The van der Waals surface area contributed by atoms with E-state index < -0.39 is 48.6 Å². The van der Waals surface area contributed by atoms with E-state index in [0.29, 0.717) is 0 Å². The first-order chi connectivity index (χ1) is 11.0. The van der Waals surface area contributed by atoms with Gasteiger partial charge in [-0.05, 0) is 18.4 Å². The Kier molecular flexibility index (Phi) is 7.91. The van der Waals surface area contributed by atoms with Crippen LogP contribution in [0.25, 0.3) is 0 Å². The second-order valence-corrected chi connectivity index (χ2v) is 5.85. The maximum Gasteiger partial charge on any atom is 0.460 e. The third kappa shape index (κ3) is 5.06. The van der Waals surface area contributed by atoms with Gasteiger partial charge in [-0.15, -0.1) is 0 Å². The summed E-state index contributed by atoms with van der Waals surface area (Å²) in [7, 11) is 0. The number of alkyl halides is 9. The fourth-order valence-corrected chi connectivity index (χ4v) is 2.00. The van der Waals surface area contributed by atoms with Crippen molar-refractivity contribution in [2.24, 2.45) is 0 Å². The molecule has 0 amide bonds. The summed E-state index contributed by atoms with van der Waals surface area (Å²) >= 11 is 1.14. The first kappa shape index (κ1) is 24.1. The lowest BCUT2D eigenvalue weighted by atomic mass is 9.98. The highest BCUT2D eigenvalue weighted by molar-refractivity contribution is 7.98. The van der Waals surface area contributed by atoms with Crippen molar-refractivity contribution in [2.45, 2.75) is 42.5 Å². The fourth-order valence-electron chi connectivity index (χ4n) is 1.53. The molecule has 0 unspecified atom stereocenters. The Morgan fingerprint density at radius 3 is 1.88 bits per heavy atom. The van der Waals surface area contributed by atoms with Gasteiger partial charge in [0, 0.05) is 6.54 Å². The maximum absolute atomic E-state index is 13.4. The van der Waals surface area contributed by atoms with Crippen LogP contribution in [0.4, 0.5) is 39.5 Å². The lowest BCUT2D eigenvalue weighted by Crippen LogP contribution is -2.65. The normalized spacial score (nSPS) is 16.6. The second kappa shape index (κ2) is 8.20. The molecule has 0 aliphatic heterocycles. The maximum atomic E-state index is 13.4. The van der Waals surface area contributed by atoms with Crippen LogP contribution < -0.4 is 5.32 Å². The quantitative estimate of drug-likeness (QED) is 0.483. The zero-order chi connectivity index (χ0) is 20.3. The van der Waals surface area contributed by atoms with E-state index in [9.17, 15) is 44.3 Å². The van der Waals surface area contributed by atoms with Crippen molar-refractivity contribution < 1.29 is 54.5 Å². The Morgan fingerprint density at radius 1 is 1.04 bits per heavy atom. The number of carboxylic acid groups (broad SMARTS) is 1. The van der Waals surface area contributed by atoms with Crippen molar-refractivity contribution in [3.05, 3.63) is 0 Å². The highest BCUT2D eigenvalue weighted by Crippen LogP contribution is 2.53. The highest BCUT2D eigenvalue weighted by atomic mass is 32.2. The van der Waals surface area contributed by atoms with E-state index in [4.69, 9.17) is 10.2 Å². The fraction of sp³-hybridized carbons (Fsp3) is 0.909. The van der Waals surface area contributed by atoms with Gasteiger partial charge in [-0.1, -0.05) is 0 Å². The van der Waals surface area contributed by atoms with Crippen LogP contribution in [-0.4, -0.2) is 70.8 Å². The molecule has 0 bridgehead atoms. The smallest absolute Gasteiger partial charge is 0.460 e. The van der Waals surface area contributed by atoms with Gasteiger partial charge in [-0.25, -0.2) is 0 Å². The minimum absolute atomic E-state index is 0.179. The average Bonchev–Trinajstić information content (AvgIpc) is 2.44. The molecule has 0 saturated carbocycles. The van der Waals surface area contributed by atoms with Gasteiger partial charge in [0.1, 0.15) is 12.1 Å². The van der Waals surface area contributed by atoms with Crippen LogP contribution in [0.15, 0.2) is 0 Å². The van der Waals surface area contributed by atoms with E-state index in [-0.39, 0.29) is 12.2 Å². The number of rotatable bonds is 10. The topological polar surface area (TPSA) is 69.6 Å². The zero-order valence-corrected chi connectivity index (χ0v) is 13.2. The molecule has 14 heteroatoms. The number of carboxylic acids is 1. The third-order valence-corrected chi connectivity index (χ3v) is 3.70. The summed E-state index contributed by atoms with van der Waals surface area (Å²) in [5.74, 6) is -21.7. The van der Waals surface area contributed by atoms with Gasteiger partial charge in [0.25, 0.3) is 0 Å². The molecule has 25 heavy (non-hydrogen) atoms. The number of aliphatic hydroxyl groups is 1. The number of thioether (sulfide) groups is 1. The molecule has 0 aliphatic rings. The Hall–Kier alpha value is -0.890. The number of hydrogen-bond donors (Lipinski definition) is 3. The van der Waals surface area contributed by atoms with E-state index in [0.717, 1.165) is 11.8 Å². The molecule has 0 aromatic carbocycles. The van der Waals surface area contributed by atoms with Crippen LogP contribution in [-0.2, 0) is 4.79 Å². The summed E-state index contributed by atoms with van der Waals surface area (Å²) in [5, 5.41) is 19.5. The third-order valence-electron chi connectivity index (χ3n) is 3.05. The predicted molar refractivity (Wildman–Crippen MR) is 69.3 cm³/mol. The van der Waals surface area contributed by atoms with E-state index in [2.05, 4.69) is 0 Å². The van der Waals surface area contributed by atoms with E-state index in [1.165, 1.54) is 0 Å². The summed E-state index contributed by atoms with van der Waals surface area (Å²) in [6.07, 6.45) is -9.34. The molecule has 0 saturated heterocycles. The molecule has 0 aromatic rings. The summed E-state index contributed by atoms with van der Waals surface area (Å²) in [6, 6.07) is -1.60. The first-order valence-electron chi connectivity index (χ1n) is 6.37. The largest absolute Gasteiger partial charge is 0.480 e. The molecule has 0 heterocycles. The predicted octanol–water partition coefficient (Wildman–Crippen LogP) is 2.61. The molecule has 0 aliphatic carbocycles. The van der Waals surface area contributed by atoms with Crippen molar-refractivity contribution in [3.8, 4) is 0 Å². The zero-order valence-electron chi connectivity index (χ0n) is 12.4. The highest BCUT2D eigenvalue weighted by Gasteiger charge is 2.83. The van der Waals surface area contributed by atoms with Crippen molar-refractivity contribution >= 4 is 17.7 Å². The molecule has 0 rings (SSSR count). The van der Waals surface area contributed by atoms with Crippen LogP contribution in [0.2, 0.25) is 0 Å². The number of hydrogen-bond acceptors (Lipinski definition) is 4. The lowest BCUT2D eigenvalue weighted by molar-refractivity contribution is -0.405. The molecule has 0 fully saturated rings. The summed E-state index contributed by atoms with van der Waals surface area (Å²) < 4.78 is 114. The number of aliphatic hydroxyl groups excluding tert-OH is 1. The summed E-state index contributed by atoms with van der Waals surface area (Å²) in [5.41, 5.74) is 0. The summed E-state index contributed by atoms with van der Waals surface area (Å²) in [4.78, 5) is 10.8. The van der Waals surface area contributed by atoms with Crippen LogP contribution in [0.1, 0.15) is 6.42 Å². The Bertz CT molecular complexity index is 459. The van der Waals surface area contributed by atoms with Gasteiger partial charge in [-0.2, -0.15) is 51.3 Å². The molecule has 0 aromatic heterocycles. The molecule has 0 radical (unpaired) electrons. The van der Waals surface area contributed by atoms with Crippen molar-refractivity contribution in [1.82, 2.24) is 5.32 Å². The molecule has 150 valence electrons. The van der Waals surface area contributed by atoms with Gasteiger partial charge in [0.05, 0.1) is 0 Å².